The summed E-state index contributed by atoms with van der Waals surface area (Å²) in [6.07, 6.45) is 1.31. The summed E-state index contributed by atoms with van der Waals surface area (Å²) in [5, 5.41) is 0.986. The first kappa shape index (κ1) is 10.6. The number of ether oxygens (including phenoxy) is 1. The van der Waals surface area contributed by atoms with Gasteiger partial charge in [0.1, 0.15) is 5.75 Å². The molecule has 72 valence electrons. The minimum Gasteiger partial charge on any atom is -0.491 e. The van der Waals surface area contributed by atoms with E-state index >= 15 is 0 Å². The highest BCUT2D eigenvalue weighted by Gasteiger charge is 2.02. The summed E-state index contributed by atoms with van der Waals surface area (Å²) in [4.78, 5) is 0. The monoisotopic (exact) mass is 242 g/mol. The molecular weight excluding hydrogens is 228 g/mol. The van der Waals surface area contributed by atoms with Gasteiger partial charge in [-0.15, -0.1) is 0 Å². The van der Waals surface area contributed by atoms with Crippen molar-refractivity contribution in [1.29, 1.82) is 0 Å². The molecule has 1 unspecified atom stereocenters. The fraction of sp³-hybridized carbons (Fsp3) is 0.455. The predicted octanol–water partition coefficient (Wildman–Crippen LogP) is 3.55. The van der Waals surface area contributed by atoms with Gasteiger partial charge in [-0.1, -0.05) is 28.1 Å². The lowest BCUT2D eigenvalue weighted by Crippen LogP contribution is -2.11. The van der Waals surface area contributed by atoms with Crippen LogP contribution in [0.4, 0.5) is 0 Å². The van der Waals surface area contributed by atoms with Crippen LogP contribution in [0.2, 0.25) is 0 Å². The molecule has 0 aliphatic carbocycles. The number of hydrogen-bond acceptors (Lipinski definition) is 1. The van der Waals surface area contributed by atoms with Gasteiger partial charge in [0.05, 0.1) is 6.10 Å². The van der Waals surface area contributed by atoms with E-state index in [0.29, 0.717) is 0 Å². The normalized spacial score (nSPS) is 12.5. The smallest absolute Gasteiger partial charge is 0.119 e. The van der Waals surface area contributed by atoms with Crippen molar-refractivity contribution in [1.82, 2.24) is 0 Å². The van der Waals surface area contributed by atoms with Gasteiger partial charge >= 0.3 is 0 Å². The highest BCUT2D eigenvalue weighted by molar-refractivity contribution is 9.09. The third kappa shape index (κ3) is 3.81. The predicted molar refractivity (Wildman–Crippen MR) is 59.7 cm³/mol. The zero-order valence-electron chi connectivity index (χ0n) is 8.09. The summed E-state index contributed by atoms with van der Waals surface area (Å²) in [5.74, 6) is 0.966. The van der Waals surface area contributed by atoms with Crippen molar-refractivity contribution in [2.24, 2.45) is 0 Å². The zero-order valence-corrected chi connectivity index (χ0v) is 9.67. The molecule has 0 aliphatic heterocycles. The van der Waals surface area contributed by atoms with Gasteiger partial charge < -0.3 is 4.74 Å². The topological polar surface area (TPSA) is 9.23 Å². The van der Waals surface area contributed by atoms with Crippen molar-refractivity contribution in [2.45, 2.75) is 26.4 Å². The lowest BCUT2D eigenvalue weighted by molar-refractivity contribution is 0.219. The Hall–Kier alpha value is -0.500. The first-order valence-electron chi connectivity index (χ1n) is 4.51. The van der Waals surface area contributed by atoms with Crippen LogP contribution in [-0.2, 0) is 0 Å². The Morgan fingerprint density at radius 1 is 1.46 bits per heavy atom. The number of alkyl halides is 1. The van der Waals surface area contributed by atoms with Crippen molar-refractivity contribution >= 4 is 15.9 Å². The van der Waals surface area contributed by atoms with Crippen LogP contribution in [0.25, 0.3) is 0 Å². The Morgan fingerprint density at radius 2 is 2.23 bits per heavy atom. The maximum absolute atomic E-state index is 5.71. The van der Waals surface area contributed by atoms with Crippen LogP contribution in [0.1, 0.15) is 18.9 Å². The lowest BCUT2D eigenvalue weighted by atomic mass is 10.2. The molecule has 1 atom stereocenters. The SMILES string of the molecule is Cc1cccc(OC(C)CCBr)c1. The molecule has 1 nitrogen and oxygen atoms in total. The molecule has 0 spiro atoms. The molecular formula is C11H15BrO. The highest BCUT2D eigenvalue weighted by Crippen LogP contribution is 2.15. The fourth-order valence-electron chi connectivity index (χ4n) is 1.13. The van der Waals surface area contributed by atoms with Crippen LogP contribution in [0, 0.1) is 6.92 Å². The second kappa shape index (κ2) is 5.28. The first-order valence-corrected chi connectivity index (χ1v) is 5.64. The van der Waals surface area contributed by atoms with E-state index in [2.05, 4.69) is 41.9 Å². The first-order chi connectivity index (χ1) is 6.22. The molecule has 1 aromatic carbocycles. The van der Waals surface area contributed by atoms with Gasteiger partial charge in [-0.3, -0.25) is 0 Å². The third-order valence-electron chi connectivity index (χ3n) is 1.84. The Kier molecular flexibility index (Phi) is 4.29. The maximum Gasteiger partial charge on any atom is 0.119 e. The molecule has 0 saturated heterocycles. The Morgan fingerprint density at radius 3 is 2.85 bits per heavy atom. The number of aryl methyl sites for hydroxylation is 1. The van der Waals surface area contributed by atoms with Gasteiger partial charge in [0, 0.05) is 5.33 Å². The van der Waals surface area contributed by atoms with E-state index in [9.17, 15) is 0 Å². The summed E-state index contributed by atoms with van der Waals surface area (Å²) in [7, 11) is 0. The molecule has 0 saturated carbocycles. The Balaban J connectivity index is 2.53. The molecule has 0 N–H and O–H groups in total. The van der Waals surface area contributed by atoms with Gasteiger partial charge in [0.25, 0.3) is 0 Å². The average Bonchev–Trinajstić information content (AvgIpc) is 2.04. The minimum atomic E-state index is 0.279. The summed E-state index contributed by atoms with van der Waals surface area (Å²) in [6, 6.07) is 8.15. The summed E-state index contributed by atoms with van der Waals surface area (Å²) in [5.41, 5.74) is 1.24. The van der Waals surface area contributed by atoms with Crippen molar-refractivity contribution in [3.8, 4) is 5.75 Å². The number of rotatable bonds is 4. The van der Waals surface area contributed by atoms with E-state index in [1.54, 1.807) is 0 Å². The van der Waals surface area contributed by atoms with Crippen molar-refractivity contribution < 1.29 is 4.74 Å². The van der Waals surface area contributed by atoms with Crippen LogP contribution in [0.3, 0.4) is 0 Å². The van der Waals surface area contributed by atoms with Crippen LogP contribution >= 0.6 is 15.9 Å². The highest BCUT2D eigenvalue weighted by atomic mass is 79.9. The van der Waals surface area contributed by atoms with Crippen LogP contribution in [0.15, 0.2) is 24.3 Å². The van der Waals surface area contributed by atoms with Crippen molar-refractivity contribution in [2.75, 3.05) is 5.33 Å². The molecule has 13 heavy (non-hydrogen) atoms. The number of hydrogen-bond donors (Lipinski definition) is 0. The lowest BCUT2D eigenvalue weighted by Gasteiger charge is -2.13. The molecule has 0 aliphatic rings. The van der Waals surface area contributed by atoms with Crippen LogP contribution in [0.5, 0.6) is 5.75 Å². The van der Waals surface area contributed by atoms with Crippen molar-refractivity contribution in [3.63, 3.8) is 0 Å². The van der Waals surface area contributed by atoms with E-state index in [1.165, 1.54) is 5.56 Å². The summed E-state index contributed by atoms with van der Waals surface area (Å²) < 4.78 is 5.71. The largest absolute Gasteiger partial charge is 0.491 e. The molecule has 2 heteroatoms. The second-order valence-electron chi connectivity index (χ2n) is 3.22. The van der Waals surface area contributed by atoms with Gasteiger partial charge in [-0.2, -0.15) is 0 Å². The number of benzene rings is 1. The van der Waals surface area contributed by atoms with Gasteiger partial charge in [-0.05, 0) is 38.0 Å². The van der Waals surface area contributed by atoms with Crippen LogP contribution < -0.4 is 4.74 Å². The van der Waals surface area contributed by atoms with E-state index < -0.39 is 0 Å². The van der Waals surface area contributed by atoms with E-state index in [-0.39, 0.29) is 6.10 Å². The molecule has 0 radical (unpaired) electrons. The second-order valence-corrected chi connectivity index (χ2v) is 4.02. The molecule has 0 heterocycles. The van der Waals surface area contributed by atoms with E-state index in [1.807, 2.05) is 12.1 Å². The van der Waals surface area contributed by atoms with Gasteiger partial charge in [-0.25, -0.2) is 0 Å². The zero-order chi connectivity index (χ0) is 9.68. The molecule has 0 aromatic heterocycles. The van der Waals surface area contributed by atoms with Gasteiger partial charge in [0.15, 0.2) is 0 Å². The minimum absolute atomic E-state index is 0.279. The van der Waals surface area contributed by atoms with Crippen molar-refractivity contribution in [3.05, 3.63) is 29.8 Å². The standard InChI is InChI=1S/C11H15BrO/c1-9-4-3-5-11(8-9)13-10(2)6-7-12/h3-5,8,10H,6-7H2,1-2H3. The quantitative estimate of drug-likeness (QED) is 0.735. The molecule has 0 bridgehead atoms. The fourth-order valence-corrected chi connectivity index (χ4v) is 1.78. The summed E-state index contributed by atoms with van der Waals surface area (Å²) in [6.45, 7) is 4.16. The third-order valence-corrected chi connectivity index (χ3v) is 2.30. The molecule has 0 fully saturated rings. The van der Waals surface area contributed by atoms with Crippen LogP contribution in [-0.4, -0.2) is 11.4 Å². The number of halogens is 1. The Bertz CT molecular complexity index is 260. The van der Waals surface area contributed by atoms with E-state index in [0.717, 1.165) is 17.5 Å². The summed E-state index contributed by atoms with van der Waals surface area (Å²) >= 11 is 3.40. The molecule has 0 amide bonds. The van der Waals surface area contributed by atoms with E-state index in [4.69, 9.17) is 4.74 Å². The average molecular weight is 243 g/mol. The Labute approximate surface area is 88.2 Å². The molecule has 1 aromatic rings. The molecule has 1 rings (SSSR count). The van der Waals surface area contributed by atoms with Gasteiger partial charge in [0.2, 0.25) is 0 Å². The maximum atomic E-state index is 5.71.